The van der Waals surface area contributed by atoms with Crippen molar-refractivity contribution in [1.82, 2.24) is 14.9 Å². The summed E-state index contributed by atoms with van der Waals surface area (Å²) in [5, 5.41) is 5.16. The summed E-state index contributed by atoms with van der Waals surface area (Å²) in [4.78, 5) is 20.1. The molecule has 3 heterocycles. The van der Waals surface area contributed by atoms with Gasteiger partial charge in [-0.05, 0) is 37.3 Å². The first-order chi connectivity index (χ1) is 16.3. The number of hydrogen-bond acceptors (Lipinski definition) is 4. The van der Waals surface area contributed by atoms with Crippen LogP contribution in [0.1, 0.15) is 34.1 Å². The molecular formula is C26H24Cl2N4O2. The number of para-hydroxylation sites is 1. The Hall–Kier alpha value is -3.22. The van der Waals surface area contributed by atoms with E-state index < -0.39 is 0 Å². The molecule has 34 heavy (non-hydrogen) atoms. The molecule has 0 saturated heterocycles. The first-order valence-corrected chi connectivity index (χ1v) is 11.8. The van der Waals surface area contributed by atoms with Crippen molar-refractivity contribution in [1.29, 1.82) is 0 Å². The van der Waals surface area contributed by atoms with Crippen LogP contribution in [0, 0.1) is 6.92 Å². The fraction of sp³-hybridized carbons (Fsp3) is 0.231. The lowest BCUT2D eigenvalue weighted by Crippen LogP contribution is -2.33. The maximum atomic E-state index is 13.5. The molecule has 174 valence electrons. The first kappa shape index (κ1) is 22.6. The molecule has 2 aromatic heterocycles. The summed E-state index contributed by atoms with van der Waals surface area (Å²) in [5.41, 5.74) is 4.81. The molecule has 0 spiro atoms. The van der Waals surface area contributed by atoms with Crippen LogP contribution in [0.2, 0.25) is 10.0 Å². The number of fused-ring (bicyclic) bond motifs is 2. The van der Waals surface area contributed by atoms with Crippen molar-refractivity contribution in [3.05, 3.63) is 81.6 Å². The number of carbonyl (C=O) groups is 1. The van der Waals surface area contributed by atoms with Crippen molar-refractivity contribution < 1.29 is 9.53 Å². The van der Waals surface area contributed by atoms with Crippen molar-refractivity contribution in [2.24, 2.45) is 0 Å². The van der Waals surface area contributed by atoms with E-state index in [1.165, 1.54) is 0 Å². The zero-order valence-corrected chi connectivity index (χ0v) is 20.6. The first-order valence-electron chi connectivity index (χ1n) is 11.0. The summed E-state index contributed by atoms with van der Waals surface area (Å²) in [5.74, 6) is 0.643. The topological polar surface area (TPSA) is 59.4 Å². The van der Waals surface area contributed by atoms with Gasteiger partial charge in [-0.2, -0.15) is 0 Å². The maximum Gasteiger partial charge on any atom is 0.255 e. The third-order valence-electron chi connectivity index (χ3n) is 6.05. The van der Waals surface area contributed by atoms with Gasteiger partial charge in [0.2, 0.25) is 0 Å². The van der Waals surface area contributed by atoms with E-state index in [1.54, 1.807) is 12.3 Å². The standard InChI is InChI=1S/C26H24Cl2N4O2/c1-15-10-20-24(31(2)3)21(14-29-25(20)32(15)18-12-16(27)11-17(28)13-18)26(33)30-22-8-9-34-23-7-5-4-6-19(22)23/h4-7,10-14,22H,8-9H2,1-3H3,(H,30,33)/t22-/m0/s1. The van der Waals surface area contributed by atoms with Gasteiger partial charge >= 0.3 is 0 Å². The van der Waals surface area contributed by atoms with E-state index >= 15 is 0 Å². The van der Waals surface area contributed by atoms with Crippen LogP contribution in [-0.4, -0.2) is 36.2 Å². The summed E-state index contributed by atoms with van der Waals surface area (Å²) >= 11 is 12.5. The summed E-state index contributed by atoms with van der Waals surface area (Å²) in [6, 6.07) is 15.1. The number of halogens is 2. The van der Waals surface area contributed by atoms with Crippen molar-refractivity contribution in [2.75, 3.05) is 25.6 Å². The number of nitrogens with zero attached hydrogens (tertiary/aromatic N) is 3. The van der Waals surface area contributed by atoms with Crippen molar-refractivity contribution in [2.45, 2.75) is 19.4 Å². The summed E-state index contributed by atoms with van der Waals surface area (Å²) in [6.07, 6.45) is 2.35. The van der Waals surface area contributed by atoms with Gasteiger partial charge in [0, 0.05) is 53.4 Å². The molecule has 0 radical (unpaired) electrons. The highest BCUT2D eigenvalue weighted by Gasteiger charge is 2.26. The van der Waals surface area contributed by atoms with Gasteiger partial charge in [0.15, 0.2) is 0 Å². The van der Waals surface area contributed by atoms with Crippen LogP contribution in [-0.2, 0) is 0 Å². The molecular weight excluding hydrogens is 471 g/mol. The van der Waals surface area contributed by atoms with Gasteiger partial charge < -0.3 is 15.0 Å². The number of nitrogens with one attached hydrogen (secondary N) is 1. The third kappa shape index (κ3) is 3.97. The van der Waals surface area contributed by atoms with E-state index in [1.807, 2.05) is 73.0 Å². The second-order valence-corrected chi connectivity index (χ2v) is 9.47. The number of ether oxygens (including phenoxy) is 1. The number of aryl methyl sites for hydroxylation is 1. The average Bonchev–Trinajstić information content (AvgIpc) is 3.13. The van der Waals surface area contributed by atoms with E-state index in [9.17, 15) is 4.79 Å². The molecule has 8 heteroatoms. The molecule has 6 nitrogen and oxygen atoms in total. The molecule has 1 aliphatic heterocycles. The zero-order valence-electron chi connectivity index (χ0n) is 19.1. The van der Waals surface area contributed by atoms with Crippen LogP contribution in [0.25, 0.3) is 16.7 Å². The highest BCUT2D eigenvalue weighted by molar-refractivity contribution is 6.34. The van der Waals surface area contributed by atoms with E-state index in [0.29, 0.717) is 28.6 Å². The highest BCUT2D eigenvalue weighted by Crippen LogP contribution is 2.35. The van der Waals surface area contributed by atoms with E-state index in [0.717, 1.165) is 39.4 Å². The average molecular weight is 495 g/mol. The smallest absolute Gasteiger partial charge is 0.255 e. The second kappa shape index (κ2) is 8.85. The summed E-state index contributed by atoms with van der Waals surface area (Å²) < 4.78 is 7.74. The predicted molar refractivity (Wildman–Crippen MR) is 137 cm³/mol. The molecule has 5 rings (SSSR count). The Morgan fingerprint density at radius 3 is 2.62 bits per heavy atom. The van der Waals surface area contributed by atoms with Crippen molar-refractivity contribution in [3.63, 3.8) is 0 Å². The zero-order chi connectivity index (χ0) is 24.0. The molecule has 1 atom stereocenters. The number of carbonyl (C=O) groups excluding carboxylic acids is 1. The number of pyridine rings is 1. The SMILES string of the molecule is Cc1cc2c(N(C)C)c(C(=O)N[C@H]3CCOc4ccccc43)cnc2n1-c1cc(Cl)cc(Cl)c1. The van der Waals surface area contributed by atoms with Crippen molar-refractivity contribution in [3.8, 4) is 11.4 Å². The van der Waals surface area contributed by atoms with Gasteiger partial charge in [0.25, 0.3) is 5.91 Å². The summed E-state index contributed by atoms with van der Waals surface area (Å²) in [6.45, 7) is 2.55. The van der Waals surface area contributed by atoms with E-state index in [2.05, 4.69) is 5.32 Å². The van der Waals surface area contributed by atoms with Crippen LogP contribution in [0.5, 0.6) is 5.75 Å². The number of anilines is 1. The predicted octanol–water partition coefficient (Wildman–Crippen LogP) is 5.96. The van der Waals surface area contributed by atoms with Crippen LogP contribution >= 0.6 is 23.2 Å². The van der Waals surface area contributed by atoms with Gasteiger partial charge in [-0.25, -0.2) is 4.98 Å². The Morgan fingerprint density at radius 2 is 1.88 bits per heavy atom. The van der Waals surface area contributed by atoms with Crippen LogP contribution < -0.4 is 15.0 Å². The number of hydrogen-bond donors (Lipinski definition) is 1. The van der Waals surface area contributed by atoms with Gasteiger partial charge in [0.1, 0.15) is 11.4 Å². The Labute approximate surface area is 208 Å². The van der Waals surface area contributed by atoms with Crippen LogP contribution in [0.4, 0.5) is 5.69 Å². The number of aromatic nitrogens is 2. The second-order valence-electron chi connectivity index (χ2n) is 8.60. The van der Waals surface area contributed by atoms with Crippen LogP contribution in [0.15, 0.2) is 54.7 Å². The largest absolute Gasteiger partial charge is 0.493 e. The lowest BCUT2D eigenvalue weighted by molar-refractivity contribution is 0.0925. The number of rotatable bonds is 4. The number of benzene rings is 2. The summed E-state index contributed by atoms with van der Waals surface area (Å²) in [7, 11) is 3.86. The molecule has 0 saturated carbocycles. The Kier molecular flexibility index (Phi) is 5.88. The quantitative estimate of drug-likeness (QED) is 0.380. The van der Waals surface area contributed by atoms with E-state index in [-0.39, 0.29) is 11.9 Å². The fourth-order valence-electron chi connectivity index (χ4n) is 4.63. The molecule has 0 aliphatic carbocycles. The fourth-order valence-corrected chi connectivity index (χ4v) is 5.14. The minimum Gasteiger partial charge on any atom is -0.493 e. The molecule has 0 unspecified atom stereocenters. The monoisotopic (exact) mass is 494 g/mol. The molecule has 2 aromatic carbocycles. The highest BCUT2D eigenvalue weighted by atomic mass is 35.5. The van der Waals surface area contributed by atoms with Gasteiger partial charge in [0.05, 0.1) is 29.6 Å². The molecule has 0 fully saturated rings. The lowest BCUT2D eigenvalue weighted by Gasteiger charge is -2.27. The minimum absolute atomic E-state index is 0.122. The van der Waals surface area contributed by atoms with E-state index in [4.69, 9.17) is 32.9 Å². The Morgan fingerprint density at radius 1 is 1.15 bits per heavy atom. The molecule has 0 bridgehead atoms. The minimum atomic E-state index is -0.170. The molecule has 4 aromatic rings. The van der Waals surface area contributed by atoms with Crippen LogP contribution in [0.3, 0.4) is 0 Å². The number of amides is 1. The Balaban J connectivity index is 1.58. The Bertz CT molecular complexity index is 1390. The van der Waals surface area contributed by atoms with Crippen molar-refractivity contribution >= 4 is 45.8 Å². The normalized spacial score (nSPS) is 15.0. The van der Waals surface area contributed by atoms with Gasteiger partial charge in [-0.15, -0.1) is 0 Å². The molecule has 1 aliphatic rings. The van der Waals surface area contributed by atoms with Gasteiger partial charge in [-0.1, -0.05) is 41.4 Å². The molecule has 1 N–H and O–H groups in total. The maximum absolute atomic E-state index is 13.5. The van der Waals surface area contributed by atoms with Gasteiger partial charge in [-0.3, -0.25) is 9.36 Å². The lowest BCUT2D eigenvalue weighted by atomic mass is 10.00. The molecule has 1 amide bonds. The third-order valence-corrected chi connectivity index (χ3v) is 6.48.